The molecule has 2 aliphatic rings. The summed E-state index contributed by atoms with van der Waals surface area (Å²) in [6, 6.07) is 9.33. The standard InChI is InChI=1S/C17H19NO2S/c1-11-3-7-15(8-4-11)21(19,20)12(2)17-14-6-5-13(9-14)16(17)10-18/h3-8,12-14,16-17H,9H2,1-2H3/t12-,13-,14+,16-,17-/m0/s1. The van der Waals surface area contributed by atoms with E-state index in [0.29, 0.717) is 4.90 Å². The summed E-state index contributed by atoms with van der Waals surface area (Å²) < 4.78 is 25.7. The molecule has 3 nitrogen and oxygen atoms in total. The van der Waals surface area contributed by atoms with Gasteiger partial charge in [-0.3, -0.25) is 0 Å². The number of benzene rings is 1. The van der Waals surface area contributed by atoms with Crippen molar-refractivity contribution in [2.24, 2.45) is 23.7 Å². The fraction of sp³-hybridized carbons (Fsp3) is 0.471. The molecule has 1 aromatic rings. The van der Waals surface area contributed by atoms with Crippen molar-refractivity contribution in [3.8, 4) is 6.07 Å². The first-order valence-corrected chi connectivity index (χ1v) is 8.88. The molecule has 1 saturated carbocycles. The van der Waals surface area contributed by atoms with Crippen molar-refractivity contribution in [1.82, 2.24) is 0 Å². The molecule has 0 unspecified atom stereocenters. The molecule has 0 aromatic heterocycles. The summed E-state index contributed by atoms with van der Waals surface area (Å²) in [4.78, 5) is 0.365. The van der Waals surface area contributed by atoms with Crippen LogP contribution < -0.4 is 0 Å². The monoisotopic (exact) mass is 301 g/mol. The van der Waals surface area contributed by atoms with Gasteiger partial charge in [0, 0.05) is 0 Å². The highest BCUT2D eigenvalue weighted by atomic mass is 32.2. The minimum Gasteiger partial charge on any atom is -0.223 e. The van der Waals surface area contributed by atoms with Crippen molar-refractivity contribution in [2.75, 3.05) is 0 Å². The summed E-state index contributed by atoms with van der Waals surface area (Å²) in [6.45, 7) is 3.70. The molecule has 0 heterocycles. The average molecular weight is 301 g/mol. The number of allylic oxidation sites excluding steroid dienone is 2. The third-order valence-corrected chi connectivity index (χ3v) is 7.27. The van der Waals surface area contributed by atoms with E-state index >= 15 is 0 Å². The van der Waals surface area contributed by atoms with Crippen LogP contribution in [0.3, 0.4) is 0 Å². The van der Waals surface area contributed by atoms with Crippen LogP contribution in [-0.2, 0) is 9.84 Å². The molecule has 5 atom stereocenters. The molecule has 1 aromatic carbocycles. The highest BCUT2D eigenvalue weighted by Crippen LogP contribution is 2.50. The van der Waals surface area contributed by atoms with E-state index in [1.165, 1.54) is 0 Å². The van der Waals surface area contributed by atoms with E-state index in [2.05, 4.69) is 18.2 Å². The maximum Gasteiger partial charge on any atom is 0.181 e. The van der Waals surface area contributed by atoms with Gasteiger partial charge in [-0.15, -0.1) is 0 Å². The minimum atomic E-state index is -3.39. The maximum absolute atomic E-state index is 12.8. The minimum absolute atomic E-state index is 0.0868. The van der Waals surface area contributed by atoms with Crippen LogP contribution in [0.2, 0.25) is 0 Å². The molecule has 0 N–H and O–H groups in total. The molecule has 0 radical (unpaired) electrons. The molecule has 2 bridgehead atoms. The Labute approximate surface area is 126 Å². The zero-order valence-corrected chi connectivity index (χ0v) is 13.0. The van der Waals surface area contributed by atoms with Crippen molar-refractivity contribution in [1.29, 1.82) is 5.26 Å². The number of hydrogen-bond donors (Lipinski definition) is 0. The number of hydrogen-bond acceptors (Lipinski definition) is 3. The van der Waals surface area contributed by atoms with Crippen LogP contribution in [-0.4, -0.2) is 13.7 Å². The van der Waals surface area contributed by atoms with Crippen molar-refractivity contribution in [3.63, 3.8) is 0 Å². The topological polar surface area (TPSA) is 57.9 Å². The summed E-state index contributed by atoms with van der Waals surface area (Å²) in [5.41, 5.74) is 1.04. The zero-order chi connectivity index (χ0) is 15.2. The number of fused-ring (bicyclic) bond motifs is 2. The molecule has 0 amide bonds. The Morgan fingerprint density at radius 1 is 1.19 bits per heavy atom. The molecule has 4 heteroatoms. The predicted octanol–water partition coefficient (Wildman–Crippen LogP) is 3.12. The van der Waals surface area contributed by atoms with Crippen LogP contribution in [0.25, 0.3) is 0 Å². The molecular weight excluding hydrogens is 282 g/mol. The van der Waals surface area contributed by atoms with Gasteiger partial charge in [0.2, 0.25) is 0 Å². The summed E-state index contributed by atoms with van der Waals surface area (Å²) >= 11 is 0. The Balaban J connectivity index is 1.94. The first-order chi connectivity index (χ1) is 9.95. The second-order valence-electron chi connectivity index (χ2n) is 6.24. The molecular formula is C17H19NO2S. The zero-order valence-electron chi connectivity index (χ0n) is 12.2. The first-order valence-electron chi connectivity index (χ1n) is 7.33. The van der Waals surface area contributed by atoms with Gasteiger partial charge in [0.25, 0.3) is 0 Å². The van der Waals surface area contributed by atoms with Gasteiger partial charge < -0.3 is 0 Å². The van der Waals surface area contributed by atoms with E-state index in [-0.39, 0.29) is 23.7 Å². The number of nitrogens with zero attached hydrogens (tertiary/aromatic N) is 1. The van der Waals surface area contributed by atoms with Gasteiger partial charge in [0.05, 0.1) is 22.1 Å². The van der Waals surface area contributed by atoms with Gasteiger partial charge in [-0.1, -0.05) is 29.8 Å². The van der Waals surface area contributed by atoms with Crippen molar-refractivity contribution in [3.05, 3.63) is 42.0 Å². The fourth-order valence-electron chi connectivity index (χ4n) is 3.83. The quantitative estimate of drug-likeness (QED) is 0.806. The summed E-state index contributed by atoms with van der Waals surface area (Å²) in [6.07, 6.45) is 5.11. The van der Waals surface area contributed by atoms with Gasteiger partial charge in [-0.2, -0.15) is 5.26 Å². The number of aryl methyl sites for hydroxylation is 1. The van der Waals surface area contributed by atoms with E-state index in [0.717, 1.165) is 12.0 Å². The number of nitriles is 1. The lowest BCUT2D eigenvalue weighted by atomic mass is 9.82. The average Bonchev–Trinajstić information content (AvgIpc) is 3.07. The van der Waals surface area contributed by atoms with Crippen LogP contribution in [0.1, 0.15) is 18.9 Å². The van der Waals surface area contributed by atoms with Crippen LogP contribution in [0.15, 0.2) is 41.3 Å². The van der Waals surface area contributed by atoms with E-state index in [9.17, 15) is 13.7 Å². The molecule has 1 fully saturated rings. The Morgan fingerprint density at radius 3 is 2.43 bits per heavy atom. The van der Waals surface area contributed by atoms with E-state index in [1.54, 1.807) is 19.1 Å². The lowest BCUT2D eigenvalue weighted by Gasteiger charge is -2.28. The third kappa shape index (κ3) is 2.20. The molecule has 21 heavy (non-hydrogen) atoms. The second-order valence-corrected chi connectivity index (χ2v) is 8.55. The number of sulfone groups is 1. The van der Waals surface area contributed by atoms with Crippen LogP contribution >= 0.6 is 0 Å². The smallest absolute Gasteiger partial charge is 0.181 e. The van der Waals surface area contributed by atoms with Gasteiger partial charge >= 0.3 is 0 Å². The second kappa shape index (κ2) is 4.99. The van der Waals surface area contributed by atoms with Gasteiger partial charge in [0.1, 0.15) is 0 Å². The normalized spacial score (nSPS) is 32.0. The Hall–Kier alpha value is -1.60. The summed E-state index contributed by atoms with van der Waals surface area (Å²) in [7, 11) is -3.39. The predicted molar refractivity (Wildman–Crippen MR) is 81.2 cm³/mol. The van der Waals surface area contributed by atoms with Crippen molar-refractivity contribution in [2.45, 2.75) is 30.4 Å². The molecule has 2 aliphatic carbocycles. The lowest BCUT2D eigenvalue weighted by Crippen LogP contribution is -2.34. The molecule has 0 saturated heterocycles. The molecule has 3 rings (SSSR count). The Kier molecular flexibility index (Phi) is 3.41. The molecule has 110 valence electrons. The lowest BCUT2D eigenvalue weighted by molar-refractivity contribution is 0.363. The van der Waals surface area contributed by atoms with Crippen LogP contribution in [0.5, 0.6) is 0 Å². The van der Waals surface area contributed by atoms with Crippen molar-refractivity contribution >= 4 is 9.84 Å². The highest BCUT2D eigenvalue weighted by molar-refractivity contribution is 7.92. The molecule has 0 spiro atoms. The summed E-state index contributed by atoms with van der Waals surface area (Å²) in [5.74, 6) is 0.210. The van der Waals surface area contributed by atoms with Crippen molar-refractivity contribution < 1.29 is 8.42 Å². The number of rotatable bonds is 3. The van der Waals surface area contributed by atoms with Gasteiger partial charge in [-0.25, -0.2) is 8.42 Å². The molecule has 0 aliphatic heterocycles. The highest BCUT2D eigenvalue weighted by Gasteiger charge is 2.50. The fourth-order valence-corrected chi connectivity index (χ4v) is 5.56. The SMILES string of the molecule is Cc1ccc(S(=O)(=O)[C@@H](C)[C@@H]2[C@@H](C#N)[C@H]3C=C[C@@H]2C3)cc1. The van der Waals surface area contributed by atoms with E-state index < -0.39 is 15.1 Å². The van der Waals surface area contributed by atoms with E-state index in [1.807, 2.05) is 19.1 Å². The van der Waals surface area contributed by atoms with Crippen LogP contribution in [0.4, 0.5) is 0 Å². The summed E-state index contributed by atoms with van der Waals surface area (Å²) in [5, 5.41) is 8.88. The third-order valence-electron chi connectivity index (χ3n) is 5.05. The van der Waals surface area contributed by atoms with E-state index in [4.69, 9.17) is 0 Å². The Morgan fingerprint density at radius 2 is 1.81 bits per heavy atom. The van der Waals surface area contributed by atoms with Gasteiger partial charge in [-0.05, 0) is 50.2 Å². The maximum atomic E-state index is 12.8. The largest absolute Gasteiger partial charge is 0.223 e. The first kappa shape index (κ1) is 14.3. The Bertz CT molecular complexity index is 712. The van der Waals surface area contributed by atoms with Crippen LogP contribution in [0, 0.1) is 41.9 Å². The van der Waals surface area contributed by atoms with Gasteiger partial charge in [0.15, 0.2) is 9.84 Å².